The quantitative estimate of drug-likeness (QED) is 0.697. The highest BCUT2D eigenvalue weighted by Gasteiger charge is 2.60. The largest absolute Gasteiger partial charge is 0.484 e. The topological polar surface area (TPSA) is 67.4 Å². The molecule has 30 heavy (non-hydrogen) atoms. The fraction of sp³-hybridized carbons (Fsp3) is 0.391. The number of fused-ring (bicyclic) bond motifs is 1. The zero-order valence-electron chi connectivity index (χ0n) is 16.7. The third kappa shape index (κ3) is 4.15. The summed E-state index contributed by atoms with van der Waals surface area (Å²) >= 11 is 5.64. The third-order valence-corrected chi connectivity index (χ3v) is 6.53. The van der Waals surface area contributed by atoms with Crippen LogP contribution in [0.3, 0.4) is 0 Å². The Kier molecular flexibility index (Phi) is 5.69. The van der Waals surface area contributed by atoms with Crippen molar-refractivity contribution in [3.63, 3.8) is 0 Å². The molecule has 0 heterocycles. The van der Waals surface area contributed by atoms with Crippen LogP contribution in [0.1, 0.15) is 37.8 Å². The summed E-state index contributed by atoms with van der Waals surface area (Å²) in [7, 11) is 0. The molecule has 0 aliphatic heterocycles. The van der Waals surface area contributed by atoms with Gasteiger partial charge >= 0.3 is 0 Å². The van der Waals surface area contributed by atoms with Crippen molar-refractivity contribution >= 4 is 23.4 Å². The minimum Gasteiger partial charge on any atom is -0.484 e. The van der Waals surface area contributed by atoms with Crippen LogP contribution in [0.5, 0.6) is 5.75 Å². The van der Waals surface area contributed by atoms with Crippen LogP contribution in [0.2, 0.25) is 5.02 Å². The first-order chi connectivity index (χ1) is 14.4. The van der Waals surface area contributed by atoms with Crippen LogP contribution in [0.15, 0.2) is 48.5 Å². The number of ether oxygens (including phenoxy) is 1. The molecule has 2 aromatic carbocycles. The molecular formula is C23H24ClFN2O3. The lowest BCUT2D eigenvalue weighted by molar-refractivity contribution is -0.135. The van der Waals surface area contributed by atoms with Gasteiger partial charge in [0, 0.05) is 12.1 Å². The zero-order valence-corrected chi connectivity index (χ0v) is 17.4. The van der Waals surface area contributed by atoms with Crippen molar-refractivity contribution < 1.29 is 18.7 Å². The molecule has 0 saturated heterocycles. The smallest absolute Gasteiger partial charge is 0.258 e. The number of halogens is 2. The molecule has 3 fully saturated rings. The van der Waals surface area contributed by atoms with Crippen LogP contribution >= 0.6 is 11.6 Å². The zero-order chi connectivity index (χ0) is 21.3. The fourth-order valence-corrected chi connectivity index (χ4v) is 4.69. The molecule has 2 aromatic rings. The van der Waals surface area contributed by atoms with Crippen molar-refractivity contribution in [1.82, 2.24) is 10.6 Å². The number of benzene rings is 2. The van der Waals surface area contributed by atoms with E-state index >= 15 is 0 Å². The van der Waals surface area contributed by atoms with Gasteiger partial charge in [0.15, 0.2) is 6.61 Å². The number of rotatable bonds is 7. The Bertz CT molecular complexity index is 947. The Morgan fingerprint density at radius 2 is 1.93 bits per heavy atom. The molecular weight excluding hydrogens is 407 g/mol. The predicted octanol–water partition coefficient (Wildman–Crippen LogP) is 4.02. The minimum absolute atomic E-state index is 0.00249. The van der Waals surface area contributed by atoms with Crippen LogP contribution in [0, 0.1) is 17.2 Å². The number of amides is 2. The Morgan fingerprint density at radius 1 is 1.20 bits per heavy atom. The monoisotopic (exact) mass is 430 g/mol. The maximum Gasteiger partial charge on any atom is 0.258 e. The number of nitrogens with one attached hydrogen (secondary N) is 2. The van der Waals surface area contributed by atoms with Crippen LogP contribution in [0.4, 0.5) is 4.39 Å². The van der Waals surface area contributed by atoms with Gasteiger partial charge in [0.25, 0.3) is 5.91 Å². The Morgan fingerprint density at radius 3 is 2.63 bits per heavy atom. The van der Waals surface area contributed by atoms with Gasteiger partial charge in [-0.05, 0) is 49.8 Å². The SMILES string of the molecule is CC(NC(=O)C12CC(C1)C(NC(=O)COc1ccc(Cl)c(F)c1)C2)c1ccccc1. The molecule has 5 rings (SSSR count). The fourth-order valence-electron chi connectivity index (χ4n) is 4.57. The summed E-state index contributed by atoms with van der Waals surface area (Å²) in [4.78, 5) is 25.2. The van der Waals surface area contributed by atoms with E-state index in [1.165, 1.54) is 12.1 Å². The van der Waals surface area contributed by atoms with Gasteiger partial charge in [0.2, 0.25) is 5.91 Å². The first kappa shape index (κ1) is 20.7. The molecule has 3 aliphatic rings. The molecule has 158 valence electrons. The molecule has 5 nitrogen and oxygen atoms in total. The Hall–Kier alpha value is -2.60. The molecule has 3 aliphatic carbocycles. The summed E-state index contributed by atoms with van der Waals surface area (Å²) in [6.07, 6.45) is 2.20. The predicted molar refractivity (Wildman–Crippen MR) is 112 cm³/mol. The lowest BCUT2D eigenvalue weighted by Gasteiger charge is -2.37. The molecule has 7 heteroatoms. The van der Waals surface area contributed by atoms with Gasteiger partial charge in [-0.3, -0.25) is 9.59 Å². The van der Waals surface area contributed by atoms with Crippen molar-refractivity contribution in [2.75, 3.05) is 6.61 Å². The summed E-state index contributed by atoms with van der Waals surface area (Å²) in [5, 5.41) is 6.09. The molecule has 0 aromatic heterocycles. The van der Waals surface area contributed by atoms with Crippen molar-refractivity contribution in [1.29, 1.82) is 0 Å². The van der Waals surface area contributed by atoms with Crippen LogP contribution in [0.25, 0.3) is 0 Å². The Labute approximate surface area is 179 Å². The van der Waals surface area contributed by atoms with E-state index in [9.17, 15) is 14.0 Å². The van der Waals surface area contributed by atoms with Gasteiger partial charge in [-0.15, -0.1) is 0 Å². The highest BCUT2D eigenvalue weighted by molar-refractivity contribution is 6.30. The summed E-state index contributed by atoms with van der Waals surface area (Å²) in [5.74, 6) is -0.270. The molecule has 2 unspecified atom stereocenters. The van der Waals surface area contributed by atoms with Crippen molar-refractivity contribution in [3.05, 3.63) is 64.9 Å². The Balaban J connectivity index is 1.27. The maximum atomic E-state index is 13.5. The molecule has 2 atom stereocenters. The van der Waals surface area contributed by atoms with Crippen molar-refractivity contribution in [2.24, 2.45) is 11.3 Å². The van der Waals surface area contributed by atoms with E-state index in [1.54, 1.807) is 0 Å². The summed E-state index contributed by atoms with van der Waals surface area (Å²) in [5.41, 5.74) is 0.669. The highest BCUT2D eigenvalue weighted by atomic mass is 35.5. The van der Waals surface area contributed by atoms with E-state index < -0.39 is 11.2 Å². The highest BCUT2D eigenvalue weighted by Crippen LogP contribution is 2.59. The average molecular weight is 431 g/mol. The van der Waals surface area contributed by atoms with E-state index in [2.05, 4.69) is 10.6 Å². The van der Waals surface area contributed by atoms with Gasteiger partial charge < -0.3 is 15.4 Å². The van der Waals surface area contributed by atoms with Gasteiger partial charge in [0.1, 0.15) is 11.6 Å². The molecule has 0 spiro atoms. The molecule has 2 N–H and O–H groups in total. The molecule has 2 bridgehead atoms. The minimum atomic E-state index is -0.594. The maximum absolute atomic E-state index is 13.5. The second-order valence-corrected chi connectivity index (χ2v) is 8.70. The average Bonchev–Trinajstić information content (AvgIpc) is 3.25. The second kappa shape index (κ2) is 8.26. The number of hydrogen-bond donors (Lipinski definition) is 2. The summed E-state index contributed by atoms with van der Waals surface area (Å²) < 4.78 is 18.8. The van der Waals surface area contributed by atoms with Crippen LogP contribution in [-0.2, 0) is 9.59 Å². The summed E-state index contributed by atoms with van der Waals surface area (Å²) in [6.45, 7) is 1.76. The van der Waals surface area contributed by atoms with Gasteiger partial charge in [-0.25, -0.2) is 4.39 Å². The van der Waals surface area contributed by atoms with Crippen molar-refractivity contribution in [2.45, 2.75) is 38.3 Å². The summed E-state index contributed by atoms with van der Waals surface area (Å²) in [6, 6.07) is 13.8. The van der Waals surface area contributed by atoms with Crippen LogP contribution in [-0.4, -0.2) is 24.5 Å². The van der Waals surface area contributed by atoms with Crippen LogP contribution < -0.4 is 15.4 Å². The molecule has 2 amide bonds. The van der Waals surface area contributed by atoms with E-state index in [0.29, 0.717) is 12.3 Å². The van der Waals surface area contributed by atoms with Gasteiger partial charge in [-0.2, -0.15) is 0 Å². The van der Waals surface area contributed by atoms with E-state index in [1.807, 2.05) is 37.3 Å². The second-order valence-electron chi connectivity index (χ2n) is 8.30. The lowest BCUT2D eigenvalue weighted by atomic mass is 9.69. The lowest BCUT2D eigenvalue weighted by Crippen LogP contribution is -2.45. The first-order valence-corrected chi connectivity index (χ1v) is 10.5. The van der Waals surface area contributed by atoms with E-state index in [4.69, 9.17) is 16.3 Å². The number of carbonyl (C=O) groups excluding carboxylic acids is 2. The van der Waals surface area contributed by atoms with E-state index in [0.717, 1.165) is 24.5 Å². The number of hydrogen-bond acceptors (Lipinski definition) is 3. The third-order valence-electron chi connectivity index (χ3n) is 6.22. The van der Waals surface area contributed by atoms with Crippen molar-refractivity contribution in [3.8, 4) is 5.75 Å². The first-order valence-electron chi connectivity index (χ1n) is 10.1. The number of carbonyl (C=O) groups is 2. The molecule has 0 radical (unpaired) electrons. The van der Waals surface area contributed by atoms with Gasteiger partial charge in [0.05, 0.1) is 16.5 Å². The normalized spacial score (nSPS) is 25.2. The molecule has 3 saturated carbocycles. The standard InChI is InChI=1S/C23H24ClFN2O3/c1-14(15-5-3-2-4-6-15)26-22(29)23-10-16(11-23)20(12-23)27-21(28)13-30-17-7-8-18(24)19(25)9-17/h2-9,14,16,20H,10-13H2,1H3,(H,26,29)(H,27,28). The van der Waals surface area contributed by atoms with Gasteiger partial charge in [-0.1, -0.05) is 41.9 Å². The van der Waals surface area contributed by atoms with E-state index in [-0.39, 0.29) is 41.3 Å².